The van der Waals surface area contributed by atoms with E-state index in [-0.39, 0.29) is 23.2 Å². The molecule has 3 heterocycles. The highest BCUT2D eigenvalue weighted by molar-refractivity contribution is 7.22. The van der Waals surface area contributed by atoms with Crippen molar-refractivity contribution in [3.05, 3.63) is 87.9 Å². The second-order valence-electron chi connectivity index (χ2n) is 8.82. The molecule has 0 saturated carbocycles. The summed E-state index contributed by atoms with van der Waals surface area (Å²) in [6, 6.07) is 15.7. The number of aliphatic hydroxyl groups is 1. The quantitative estimate of drug-likeness (QED) is 0.208. The number of fused-ring (bicyclic) bond motifs is 2. The van der Waals surface area contributed by atoms with Crippen molar-refractivity contribution in [1.29, 1.82) is 0 Å². The minimum atomic E-state index is -0.940. The fourth-order valence-corrected chi connectivity index (χ4v) is 5.98. The lowest BCUT2D eigenvalue weighted by atomic mass is 9.94. The van der Waals surface area contributed by atoms with Gasteiger partial charge >= 0.3 is 5.91 Å². The van der Waals surface area contributed by atoms with E-state index < -0.39 is 17.7 Å². The van der Waals surface area contributed by atoms with E-state index in [2.05, 4.69) is 4.98 Å². The molecule has 6 rings (SSSR count). The zero-order valence-corrected chi connectivity index (χ0v) is 20.5. The van der Waals surface area contributed by atoms with Crippen LogP contribution in [0.15, 0.2) is 66.2 Å². The number of halogens is 1. The van der Waals surface area contributed by atoms with Crippen LogP contribution in [0.4, 0.5) is 5.13 Å². The number of aliphatic hydroxyl groups excluding tert-OH is 1. The first kappa shape index (κ1) is 22.6. The number of ether oxygens (including phenoxy) is 1. The van der Waals surface area contributed by atoms with Gasteiger partial charge in [-0.15, -0.1) is 0 Å². The number of nitrogens with zero attached hydrogens (tertiary/aromatic N) is 2. The SMILES string of the molecule is CC1Cc2cc(/C(O)=C3/C(=O)C(=O)N(c4nc5ccc(Cl)cc5s4)C3c3ccc(O)cc3)ccc2O1. The molecule has 2 atom stereocenters. The first-order chi connectivity index (χ1) is 17.3. The number of aromatic hydroxyl groups is 1. The number of benzene rings is 3. The monoisotopic (exact) mass is 518 g/mol. The molecule has 0 bridgehead atoms. The zero-order chi connectivity index (χ0) is 25.1. The van der Waals surface area contributed by atoms with Gasteiger partial charge in [0.15, 0.2) is 5.13 Å². The Labute approximate surface area is 214 Å². The lowest BCUT2D eigenvalue weighted by Gasteiger charge is -2.23. The molecule has 7 nitrogen and oxygen atoms in total. The van der Waals surface area contributed by atoms with Crippen LogP contribution in [0.5, 0.6) is 11.5 Å². The summed E-state index contributed by atoms with van der Waals surface area (Å²) >= 11 is 7.36. The van der Waals surface area contributed by atoms with Gasteiger partial charge < -0.3 is 14.9 Å². The number of phenols is 1. The molecule has 1 saturated heterocycles. The van der Waals surface area contributed by atoms with Gasteiger partial charge in [0.2, 0.25) is 0 Å². The van der Waals surface area contributed by atoms with Gasteiger partial charge in [-0.05, 0) is 66.6 Å². The molecule has 2 aliphatic heterocycles. The molecular formula is C27H19ClN2O5S. The topological polar surface area (TPSA) is 100.0 Å². The van der Waals surface area contributed by atoms with Gasteiger partial charge in [-0.25, -0.2) is 4.98 Å². The third-order valence-electron chi connectivity index (χ3n) is 6.37. The number of hydrogen-bond donors (Lipinski definition) is 2. The first-order valence-corrected chi connectivity index (χ1v) is 12.5. The van der Waals surface area contributed by atoms with Gasteiger partial charge in [-0.1, -0.05) is 35.1 Å². The van der Waals surface area contributed by atoms with Gasteiger partial charge in [0.1, 0.15) is 23.4 Å². The van der Waals surface area contributed by atoms with Crippen LogP contribution >= 0.6 is 22.9 Å². The van der Waals surface area contributed by atoms with E-state index in [1.807, 2.05) is 6.92 Å². The van der Waals surface area contributed by atoms with Crippen molar-refractivity contribution in [3.63, 3.8) is 0 Å². The van der Waals surface area contributed by atoms with E-state index in [4.69, 9.17) is 16.3 Å². The fourth-order valence-electron chi connectivity index (χ4n) is 4.72. The number of carbonyl (C=O) groups excluding carboxylic acids is 2. The van der Waals surface area contributed by atoms with Crippen molar-refractivity contribution in [2.24, 2.45) is 0 Å². The summed E-state index contributed by atoms with van der Waals surface area (Å²) in [6.07, 6.45) is 0.702. The smallest absolute Gasteiger partial charge is 0.301 e. The van der Waals surface area contributed by atoms with Gasteiger partial charge in [0, 0.05) is 17.0 Å². The van der Waals surface area contributed by atoms with Crippen LogP contribution in [0.2, 0.25) is 5.02 Å². The van der Waals surface area contributed by atoms with Crippen LogP contribution in [-0.4, -0.2) is 33.0 Å². The molecule has 9 heteroatoms. The number of carbonyl (C=O) groups is 2. The number of aromatic nitrogens is 1. The lowest BCUT2D eigenvalue weighted by molar-refractivity contribution is -0.132. The summed E-state index contributed by atoms with van der Waals surface area (Å²) in [7, 11) is 0. The van der Waals surface area contributed by atoms with Gasteiger partial charge in [-0.3, -0.25) is 14.5 Å². The van der Waals surface area contributed by atoms with Crippen molar-refractivity contribution < 1.29 is 24.5 Å². The number of thiazole rings is 1. The van der Waals surface area contributed by atoms with Crippen LogP contribution in [0.25, 0.3) is 16.0 Å². The Hall–Kier alpha value is -3.88. The third kappa shape index (κ3) is 3.61. The molecule has 2 N–H and O–H groups in total. The third-order valence-corrected chi connectivity index (χ3v) is 7.62. The highest BCUT2D eigenvalue weighted by Gasteiger charge is 2.48. The molecule has 1 amide bonds. The Balaban J connectivity index is 1.53. The average molecular weight is 519 g/mol. The van der Waals surface area contributed by atoms with Crippen LogP contribution in [-0.2, 0) is 16.0 Å². The largest absolute Gasteiger partial charge is 0.508 e. The standard InChI is InChI=1S/C27H19ClN2O5S/c1-13-10-16-11-15(4-9-20(16)35-13)24(32)22-23(14-2-6-18(31)7-3-14)30(26(34)25(22)33)27-29-19-8-5-17(28)12-21(19)36-27/h2-9,11-13,23,31-32H,10H2,1H3/b24-22-. The lowest BCUT2D eigenvalue weighted by Crippen LogP contribution is -2.29. The van der Waals surface area contributed by atoms with Crippen LogP contribution in [0.3, 0.4) is 0 Å². The van der Waals surface area contributed by atoms with E-state index in [1.54, 1.807) is 48.5 Å². The summed E-state index contributed by atoms with van der Waals surface area (Å²) in [5.74, 6) is -1.10. The molecule has 1 fully saturated rings. The molecule has 1 aromatic heterocycles. The summed E-state index contributed by atoms with van der Waals surface area (Å²) in [4.78, 5) is 32.6. The molecule has 36 heavy (non-hydrogen) atoms. The molecule has 2 unspecified atom stereocenters. The number of anilines is 1. The molecular weight excluding hydrogens is 500 g/mol. The molecule has 0 spiro atoms. The van der Waals surface area contributed by atoms with E-state index in [0.717, 1.165) is 16.0 Å². The number of hydrogen-bond acceptors (Lipinski definition) is 7. The molecule has 0 radical (unpaired) electrons. The Morgan fingerprint density at radius 1 is 1.11 bits per heavy atom. The number of rotatable bonds is 3. The minimum Gasteiger partial charge on any atom is -0.508 e. The highest BCUT2D eigenvalue weighted by atomic mass is 35.5. The van der Waals surface area contributed by atoms with Crippen molar-refractivity contribution >= 4 is 55.7 Å². The minimum absolute atomic E-state index is 0.0208. The summed E-state index contributed by atoms with van der Waals surface area (Å²) in [5.41, 5.74) is 2.48. The zero-order valence-electron chi connectivity index (χ0n) is 18.9. The fraction of sp³-hybridized carbons (Fsp3) is 0.148. The Morgan fingerprint density at radius 3 is 2.67 bits per heavy atom. The Morgan fingerprint density at radius 2 is 1.89 bits per heavy atom. The normalized spacial score (nSPS) is 20.7. The van der Waals surface area contributed by atoms with Gasteiger partial charge in [-0.2, -0.15) is 0 Å². The molecule has 4 aromatic rings. The summed E-state index contributed by atoms with van der Waals surface area (Å²) in [6.45, 7) is 1.96. The van der Waals surface area contributed by atoms with E-state index in [1.165, 1.54) is 28.4 Å². The number of ketones is 1. The molecule has 3 aromatic carbocycles. The van der Waals surface area contributed by atoms with Gasteiger partial charge in [0.05, 0.1) is 21.8 Å². The summed E-state index contributed by atoms with van der Waals surface area (Å²) < 4.78 is 6.51. The predicted molar refractivity (Wildman–Crippen MR) is 138 cm³/mol. The second-order valence-corrected chi connectivity index (χ2v) is 10.3. The average Bonchev–Trinajstić information content (AvgIpc) is 3.51. The maximum atomic E-state index is 13.4. The van der Waals surface area contributed by atoms with Crippen LogP contribution < -0.4 is 9.64 Å². The second kappa shape index (κ2) is 8.36. The van der Waals surface area contributed by atoms with Crippen molar-refractivity contribution in [3.8, 4) is 11.5 Å². The summed E-state index contributed by atoms with van der Waals surface area (Å²) in [5, 5.41) is 22.1. The molecule has 0 aliphatic carbocycles. The number of phenolic OH excluding ortho intramolecular Hbond substituents is 1. The molecule has 180 valence electrons. The maximum Gasteiger partial charge on any atom is 0.301 e. The Bertz CT molecular complexity index is 1590. The first-order valence-electron chi connectivity index (χ1n) is 11.3. The highest BCUT2D eigenvalue weighted by Crippen LogP contribution is 2.45. The number of amides is 1. The van der Waals surface area contributed by atoms with Crippen molar-refractivity contribution in [2.45, 2.75) is 25.5 Å². The number of Topliss-reactive ketones (excluding diaryl/α,β-unsaturated/α-hetero) is 1. The predicted octanol–water partition coefficient (Wildman–Crippen LogP) is 5.61. The van der Waals surface area contributed by atoms with Crippen LogP contribution in [0, 0.1) is 0 Å². The van der Waals surface area contributed by atoms with E-state index in [9.17, 15) is 19.8 Å². The van der Waals surface area contributed by atoms with Crippen LogP contribution in [0.1, 0.15) is 29.7 Å². The molecule has 2 aliphatic rings. The maximum absolute atomic E-state index is 13.4. The Kier molecular flexibility index (Phi) is 5.24. The van der Waals surface area contributed by atoms with Gasteiger partial charge in [0.25, 0.3) is 5.78 Å². The van der Waals surface area contributed by atoms with Crippen molar-refractivity contribution in [2.75, 3.05) is 4.90 Å². The van der Waals surface area contributed by atoms with Crippen molar-refractivity contribution in [1.82, 2.24) is 4.98 Å². The van der Waals surface area contributed by atoms with E-state index in [0.29, 0.717) is 33.2 Å². The van der Waals surface area contributed by atoms with E-state index >= 15 is 0 Å².